The summed E-state index contributed by atoms with van der Waals surface area (Å²) in [6.07, 6.45) is 2.64. The van der Waals surface area contributed by atoms with Gasteiger partial charge in [0, 0.05) is 37.9 Å². The normalized spacial score (nSPS) is 30.5. The first kappa shape index (κ1) is 17.2. The molecule has 23 heavy (non-hydrogen) atoms. The maximum atomic E-state index is 13.4. The summed E-state index contributed by atoms with van der Waals surface area (Å²) >= 11 is 6.17. The molecule has 1 N–H and O–H groups in total. The smallest absolute Gasteiger partial charge is 0.123 e. The Bertz CT molecular complexity index is 550. The van der Waals surface area contributed by atoms with Crippen LogP contribution in [0.2, 0.25) is 5.02 Å². The molecule has 2 atom stereocenters. The Labute approximate surface area is 142 Å². The van der Waals surface area contributed by atoms with E-state index in [-0.39, 0.29) is 11.7 Å². The van der Waals surface area contributed by atoms with Gasteiger partial charge in [-0.05, 0) is 54.9 Å². The maximum Gasteiger partial charge on any atom is 0.123 e. The van der Waals surface area contributed by atoms with Crippen LogP contribution in [-0.4, -0.2) is 41.9 Å². The van der Waals surface area contributed by atoms with E-state index in [1.54, 1.807) is 6.07 Å². The number of ether oxygens (including phenoxy) is 1. The fourth-order valence-electron chi connectivity index (χ4n) is 4.07. The fraction of sp³-hybridized carbons (Fsp3) is 0.667. The molecule has 5 heteroatoms. The van der Waals surface area contributed by atoms with Crippen LogP contribution in [-0.2, 0) is 11.3 Å². The van der Waals surface area contributed by atoms with E-state index >= 15 is 0 Å². The highest BCUT2D eigenvalue weighted by molar-refractivity contribution is 6.31. The Morgan fingerprint density at radius 2 is 2.13 bits per heavy atom. The molecule has 0 unspecified atom stereocenters. The second-order valence-corrected chi connectivity index (χ2v) is 7.41. The van der Waals surface area contributed by atoms with Crippen LogP contribution in [0.15, 0.2) is 18.2 Å². The van der Waals surface area contributed by atoms with Gasteiger partial charge >= 0.3 is 0 Å². The number of halogens is 2. The molecule has 3 rings (SSSR count). The van der Waals surface area contributed by atoms with Crippen LogP contribution in [0.3, 0.4) is 0 Å². The van der Waals surface area contributed by atoms with Crippen LogP contribution in [0.5, 0.6) is 0 Å². The average Bonchev–Trinajstić information content (AvgIpc) is 2.55. The largest absolute Gasteiger partial charge is 0.389 e. The van der Waals surface area contributed by atoms with E-state index in [0.29, 0.717) is 17.5 Å². The summed E-state index contributed by atoms with van der Waals surface area (Å²) in [6.45, 7) is 5.87. The first-order valence-electron chi connectivity index (χ1n) is 8.45. The Kier molecular flexibility index (Phi) is 5.26. The van der Waals surface area contributed by atoms with Crippen LogP contribution < -0.4 is 0 Å². The molecule has 2 heterocycles. The quantitative estimate of drug-likeness (QED) is 0.913. The molecule has 0 bridgehead atoms. The van der Waals surface area contributed by atoms with Crippen molar-refractivity contribution in [2.45, 2.75) is 38.3 Å². The van der Waals surface area contributed by atoms with Crippen LogP contribution in [0.25, 0.3) is 0 Å². The number of benzene rings is 1. The molecule has 0 aromatic heterocycles. The third-order valence-electron chi connectivity index (χ3n) is 5.54. The van der Waals surface area contributed by atoms with Crippen LogP contribution >= 0.6 is 11.6 Å². The molecule has 3 nitrogen and oxygen atoms in total. The molecule has 128 valence electrons. The summed E-state index contributed by atoms with van der Waals surface area (Å²) in [5, 5.41) is 11.8. The van der Waals surface area contributed by atoms with E-state index in [1.165, 1.54) is 12.1 Å². The number of likely N-dealkylation sites (tertiary alicyclic amines) is 1. The van der Waals surface area contributed by atoms with Crippen molar-refractivity contribution in [3.63, 3.8) is 0 Å². The van der Waals surface area contributed by atoms with E-state index in [2.05, 4.69) is 11.8 Å². The lowest BCUT2D eigenvalue weighted by molar-refractivity contribution is -0.131. The summed E-state index contributed by atoms with van der Waals surface area (Å²) < 4.78 is 18.8. The van der Waals surface area contributed by atoms with E-state index in [4.69, 9.17) is 16.3 Å². The molecule has 2 aliphatic heterocycles. The number of hydrogen-bond donors (Lipinski definition) is 1. The topological polar surface area (TPSA) is 32.7 Å². The van der Waals surface area contributed by atoms with Gasteiger partial charge < -0.3 is 9.84 Å². The van der Waals surface area contributed by atoms with E-state index in [1.807, 2.05) is 0 Å². The molecule has 0 amide bonds. The second kappa shape index (κ2) is 7.06. The predicted molar refractivity (Wildman–Crippen MR) is 89.0 cm³/mol. The summed E-state index contributed by atoms with van der Waals surface area (Å²) in [4.78, 5) is 2.26. The van der Waals surface area contributed by atoms with Gasteiger partial charge in [0.05, 0.1) is 5.60 Å². The van der Waals surface area contributed by atoms with E-state index in [0.717, 1.165) is 51.1 Å². The molecule has 2 fully saturated rings. The molecule has 1 aromatic carbocycles. The van der Waals surface area contributed by atoms with Gasteiger partial charge in [-0.2, -0.15) is 0 Å². The zero-order chi connectivity index (χ0) is 16.4. The van der Waals surface area contributed by atoms with Gasteiger partial charge in [0.15, 0.2) is 0 Å². The van der Waals surface area contributed by atoms with Gasteiger partial charge in [-0.3, -0.25) is 4.90 Å². The van der Waals surface area contributed by atoms with Crippen molar-refractivity contribution in [3.8, 4) is 0 Å². The van der Waals surface area contributed by atoms with Crippen molar-refractivity contribution >= 4 is 11.6 Å². The zero-order valence-corrected chi connectivity index (χ0v) is 14.4. The number of rotatable bonds is 3. The van der Waals surface area contributed by atoms with Crippen molar-refractivity contribution in [2.24, 2.45) is 11.8 Å². The minimum Gasteiger partial charge on any atom is -0.389 e. The fourth-order valence-corrected chi connectivity index (χ4v) is 4.25. The molecule has 0 spiro atoms. The van der Waals surface area contributed by atoms with Crippen LogP contribution in [0, 0.1) is 17.7 Å². The minimum absolute atomic E-state index is 0.187. The number of hydrogen-bond acceptors (Lipinski definition) is 3. The molecule has 2 aliphatic rings. The maximum absolute atomic E-state index is 13.4. The Balaban J connectivity index is 1.65. The van der Waals surface area contributed by atoms with E-state index in [9.17, 15) is 9.50 Å². The van der Waals surface area contributed by atoms with Gasteiger partial charge in [0.1, 0.15) is 5.82 Å². The third-order valence-corrected chi connectivity index (χ3v) is 5.91. The highest BCUT2D eigenvalue weighted by Gasteiger charge is 2.45. The summed E-state index contributed by atoms with van der Waals surface area (Å²) in [5.41, 5.74) is 0.210. The first-order chi connectivity index (χ1) is 11.0. The first-order valence-corrected chi connectivity index (χ1v) is 8.83. The lowest BCUT2D eigenvalue weighted by Gasteiger charge is -2.48. The van der Waals surface area contributed by atoms with Gasteiger partial charge in [-0.25, -0.2) is 4.39 Å². The monoisotopic (exact) mass is 341 g/mol. The minimum atomic E-state index is -0.605. The van der Waals surface area contributed by atoms with Gasteiger partial charge in [-0.15, -0.1) is 0 Å². The SMILES string of the molecule is C[C@@H]1CN(Cc2cc(F)ccc2Cl)CC[C@@]1(O)C1CCOCC1. The Morgan fingerprint density at radius 3 is 2.83 bits per heavy atom. The molecule has 2 saturated heterocycles. The number of piperidine rings is 1. The highest BCUT2D eigenvalue weighted by Crippen LogP contribution is 2.39. The number of aliphatic hydroxyl groups is 1. The van der Waals surface area contributed by atoms with Gasteiger partial charge in [0.2, 0.25) is 0 Å². The Morgan fingerprint density at radius 1 is 1.39 bits per heavy atom. The van der Waals surface area contributed by atoms with Crippen molar-refractivity contribution in [3.05, 3.63) is 34.6 Å². The number of nitrogens with zero attached hydrogens (tertiary/aromatic N) is 1. The lowest BCUT2D eigenvalue weighted by atomic mass is 9.70. The van der Waals surface area contributed by atoms with Crippen molar-refractivity contribution in [2.75, 3.05) is 26.3 Å². The van der Waals surface area contributed by atoms with Crippen molar-refractivity contribution < 1.29 is 14.2 Å². The van der Waals surface area contributed by atoms with Crippen LogP contribution in [0.1, 0.15) is 31.7 Å². The highest BCUT2D eigenvalue weighted by atomic mass is 35.5. The predicted octanol–water partition coefficient (Wildman–Crippen LogP) is 3.48. The van der Waals surface area contributed by atoms with Crippen molar-refractivity contribution in [1.29, 1.82) is 0 Å². The Hall–Kier alpha value is -0.680. The van der Waals surface area contributed by atoms with E-state index < -0.39 is 5.60 Å². The molecular formula is C18H25ClFNO2. The molecule has 0 aliphatic carbocycles. The van der Waals surface area contributed by atoms with Crippen LogP contribution in [0.4, 0.5) is 4.39 Å². The summed E-state index contributed by atoms with van der Waals surface area (Å²) in [7, 11) is 0. The molecular weight excluding hydrogens is 317 g/mol. The molecule has 1 aromatic rings. The standard InChI is InChI=1S/C18H25ClFNO2/c1-13-11-21(12-14-10-16(20)2-3-17(14)19)7-6-18(13,22)15-4-8-23-9-5-15/h2-3,10,13,15,22H,4-9,11-12H2,1H3/t13-,18+/m1/s1. The molecule has 0 radical (unpaired) electrons. The molecule has 0 saturated carbocycles. The summed E-state index contributed by atoms with van der Waals surface area (Å²) in [6, 6.07) is 4.50. The van der Waals surface area contributed by atoms with Gasteiger partial charge in [-0.1, -0.05) is 18.5 Å². The third kappa shape index (κ3) is 3.71. The lowest BCUT2D eigenvalue weighted by Crippen LogP contribution is -2.55. The second-order valence-electron chi connectivity index (χ2n) is 7.00. The summed E-state index contributed by atoms with van der Waals surface area (Å²) in [5.74, 6) is 0.256. The zero-order valence-electron chi connectivity index (χ0n) is 13.6. The van der Waals surface area contributed by atoms with Crippen molar-refractivity contribution in [1.82, 2.24) is 4.90 Å². The average molecular weight is 342 g/mol. The van der Waals surface area contributed by atoms with Gasteiger partial charge in [0.25, 0.3) is 0 Å².